The lowest BCUT2D eigenvalue weighted by Crippen LogP contribution is -2.45. The maximum absolute atomic E-state index is 12.4. The highest BCUT2D eigenvalue weighted by molar-refractivity contribution is 7.89. The van der Waals surface area contributed by atoms with Crippen LogP contribution in [0.25, 0.3) is 0 Å². The fourth-order valence-corrected chi connectivity index (χ4v) is 3.70. The Labute approximate surface area is 138 Å². The highest BCUT2D eigenvalue weighted by Gasteiger charge is 2.23. The smallest absolute Gasteiger partial charge is 0.268 e. The zero-order chi connectivity index (χ0) is 17.0. The van der Waals surface area contributed by atoms with Gasteiger partial charge < -0.3 is 14.8 Å². The molecule has 0 aliphatic carbocycles. The topological polar surface area (TPSA) is 83.4 Å². The van der Waals surface area contributed by atoms with Crippen molar-refractivity contribution in [2.45, 2.75) is 37.1 Å². The van der Waals surface area contributed by atoms with E-state index in [4.69, 9.17) is 0 Å². The Morgan fingerprint density at radius 2 is 2.00 bits per heavy atom. The van der Waals surface area contributed by atoms with Crippen LogP contribution in [0.15, 0.2) is 17.2 Å². The molecule has 0 bridgehead atoms. The van der Waals surface area contributed by atoms with Gasteiger partial charge in [-0.05, 0) is 38.9 Å². The van der Waals surface area contributed by atoms with E-state index >= 15 is 0 Å². The summed E-state index contributed by atoms with van der Waals surface area (Å²) in [6, 6.07) is 1.56. The van der Waals surface area contributed by atoms with Gasteiger partial charge in [-0.3, -0.25) is 4.79 Å². The van der Waals surface area contributed by atoms with Gasteiger partial charge in [-0.2, -0.15) is 0 Å². The number of piperidine rings is 1. The number of hydrogen-bond donors (Lipinski definition) is 2. The van der Waals surface area contributed by atoms with Gasteiger partial charge in [0, 0.05) is 32.4 Å². The van der Waals surface area contributed by atoms with Crippen molar-refractivity contribution in [2.24, 2.45) is 7.05 Å². The van der Waals surface area contributed by atoms with Crippen molar-refractivity contribution in [3.63, 3.8) is 0 Å². The van der Waals surface area contributed by atoms with E-state index in [0.29, 0.717) is 5.69 Å². The van der Waals surface area contributed by atoms with Crippen LogP contribution < -0.4 is 10.0 Å². The molecule has 2 N–H and O–H groups in total. The summed E-state index contributed by atoms with van der Waals surface area (Å²) in [5, 5.41) is 3.02. The van der Waals surface area contributed by atoms with Gasteiger partial charge in [-0.15, -0.1) is 0 Å². The molecule has 23 heavy (non-hydrogen) atoms. The minimum atomic E-state index is -3.54. The number of carbonyl (C=O) groups excluding carboxylic acids is 1. The molecule has 1 aliphatic heterocycles. The van der Waals surface area contributed by atoms with Gasteiger partial charge in [0.1, 0.15) is 10.6 Å². The maximum Gasteiger partial charge on any atom is 0.268 e. The first kappa shape index (κ1) is 18.0. The second-order valence-corrected chi connectivity index (χ2v) is 7.86. The van der Waals surface area contributed by atoms with Gasteiger partial charge in [0.15, 0.2) is 0 Å². The third-order valence-corrected chi connectivity index (χ3v) is 5.64. The molecule has 1 aliphatic rings. The third-order valence-electron chi connectivity index (χ3n) is 4.25. The predicted molar refractivity (Wildman–Crippen MR) is 88.9 cm³/mol. The van der Waals surface area contributed by atoms with Crippen molar-refractivity contribution in [1.29, 1.82) is 0 Å². The van der Waals surface area contributed by atoms with Crippen molar-refractivity contribution in [2.75, 3.05) is 26.7 Å². The molecule has 0 radical (unpaired) electrons. The number of sulfonamides is 1. The van der Waals surface area contributed by atoms with Gasteiger partial charge in [-0.1, -0.05) is 6.92 Å². The lowest BCUT2D eigenvalue weighted by molar-refractivity contribution is 0.0903. The molecule has 0 saturated carbocycles. The van der Waals surface area contributed by atoms with Gasteiger partial charge in [-0.25, -0.2) is 13.1 Å². The summed E-state index contributed by atoms with van der Waals surface area (Å²) >= 11 is 0. The van der Waals surface area contributed by atoms with Crippen LogP contribution in [0.3, 0.4) is 0 Å². The number of hydrogen-bond acceptors (Lipinski definition) is 4. The molecule has 0 atom stereocenters. The van der Waals surface area contributed by atoms with Crippen molar-refractivity contribution in [1.82, 2.24) is 19.5 Å². The lowest BCUT2D eigenvalue weighted by Gasteiger charge is -2.32. The zero-order valence-corrected chi connectivity index (χ0v) is 14.8. The van der Waals surface area contributed by atoms with Crippen molar-refractivity contribution >= 4 is 15.9 Å². The summed E-state index contributed by atoms with van der Waals surface area (Å²) in [4.78, 5) is 14.9. The number of aryl methyl sites for hydroxylation is 1. The van der Waals surface area contributed by atoms with Crippen LogP contribution >= 0.6 is 0 Å². The van der Waals surface area contributed by atoms with Gasteiger partial charge in [0.25, 0.3) is 5.91 Å². The number of nitrogens with zero attached hydrogens (tertiary/aromatic N) is 2. The van der Waals surface area contributed by atoms with E-state index in [2.05, 4.69) is 21.9 Å². The highest BCUT2D eigenvalue weighted by Crippen LogP contribution is 2.15. The molecule has 0 unspecified atom stereocenters. The summed E-state index contributed by atoms with van der Waals surface area (Å²) in [6.07, 6.45) is 4.45. The van der Waals surface area contributed by atoms with E-state index in [-0.39, 0.29) is 16.8 Å². The quantitative estimate of drug-likeness (QED) is 0.790. The number of nitrogens with one attached hydrogen (secondary N) is 2. The van der Waals surface area contributed by atoms with Gasteiger partial charge >= 0.3 is 0 Å². The van der Waals surface area contributed by atoms with Crippen LogP contribution in [0.2, 0.25) is 0 Å². The first-order valence-corrected chi connectivity index (χ1v) is 9.48. The molecule has 1 aromatic rings. The van der Waals surface area contributed by atoms with Crippen molar-refractivity contribution in [3.05, 3.63) is 18.0 Å². The van der Waals surface area contributed by atoms with Crippen LogP contribution in [0.1, 0.15) is 36.7 Å². The van der Waals surface area contributed by atoms with Crippen LogP contribution in [-0.4, -0.2) is 56.5 Å². The Kier molecular flexibility index (Phi) is 5.83. The maximum atomic E-state index is 12.4. The molecule has 0 spiro atoms. The number of carbonyl (C=O) groups is 1. The Hall–Kier alpha value is -1.38. The molecular weight excluding hydrogens is 316 g/mol. The van der Waals surface area contributed by atoms with E-state index in [9.17, 15) is 13.2 Å². The van der Waals surface area contributed by atoms with Gasteiger partial charge in [0.2, 0.25) is 10.0 Å². The summed E-state index contributed by atoms with van der Waals surface area (Å²) in [5.74, 6) is -0.223. The van der Waals surface area contributed by atoms with Crippen LogP contribution in [0.5, 0.6) is 0 Å². The summed E-state index contributed by atoms with van der Waals surface area (Å²) < 4.78 is 27.4. The Balaban J connectivity index is 1.99. The number of amides is 1. The zero-order valence-electron chi connectivity index (χ0n) is 14.0. The average molecular weight is 342 g/mol. The molecule has 2 rings (SSSR count). The predicted octanol–water partition coefficient (Wildman–Crippen LogP) is 0.537. The number of rotatable bonds is 6. The van der Waals surface area contributed by atoms with E-state index in [1.807, 2.05) is 0 Å². The van der Waals surface area contributed by atoms with Crippen molar-refractivity contribution in [3.8, 4) is 0 Å². The summed E-state index contributed by atoms with van der Waals surface area (Å²) in [6.45, 7) is 5.25. The van der Waals surface area contributed by atoms with E-state index < -0.39 is 10.0 Å². The molecule has 8 heteroatoms. The normalized spacial score (nSPS) is 17.3. The Bertz CT molecular complexity index is 646. The first-order chi connectivity index (χ1) is 10.9. The van der Waals surface area contributed by atoms with Crippen LogP contribution in [0.4, 0.5) is 0 Å². The first-order valence-electron chi connectivity index (χ1n) is 8.00. The average Bonchev–Trinajstić information content (AvgIpc) is 2.92. The monoisotopic (exact) mass is 342 g/mol. The fourth-order valence-electron chi connectivity index (χ4n) is 2.90. The fraction of sp³-hybridized carbons (Fsp3) is 0.667. The molecule has 7 nitrogen and oxygen atoms in total. The molecule has 1 fully saturated rings. The molecule has 1 saturated heterocycles. The van der Waals surface area contributed by atoms with E-state index in [1.54, 1.807) is 11.6 Å². The lowest BCUT2D eigenvalue weighted by atomic mass is 10.0. The van der Waals surface area contributed by atoms with E-state index in [1.165, 1.54) is 19.3 Å². The molecular formula is C15H26N4O3S. The van der Waals surface area contributed by atoms with Gasteiger partial charge in [0.05, 0.1) is 0 Å². The molecule has 1 amide bonds. The highest BCUT2D eigenvalue weighted by atomic mass is 32.2. The minimum Gasteiger partial charge on any atom is -0.348 e. The molecule has 2 heterocycles. The molecule has 0 aromatic carbocycles. The summed E-state index contributed by atoms with van der Waals surface area (Å²) in [7, 11) is -0.510. The summed E-state index contributed by atoms with van der Waals surface area (Å²) in [5.41, 5.74) is 0.356. The Morgan fingerprint density at radius 1 is 1.35 bits per heavy atom. The second kappa shape index (κ2) is 7.46. The number of likely N-dealkylation sites (tertiary alicyclic amines) is 1. The number of aromatic nitrogens is 1. The largest absolute Gasteiger partial charge is 0.348 e. The standard InChI is InChI=1S/C15H26N4O3S/c1-4-7-19-8-5-12(6-9-19)17-15(20)14-10-13(11-18(14)3)23(21,22)16-2/h10-12,16H,4-9H2,1-3H3,(H,17,20). The minimum absolute atomic E-state index is 0.102. The molecule has 130 valence electrons. The van der Waals surface area contributed by atoms with E-state index in [0.717, 1.165) is 38.9 Å². The van der Waals surface area contributed by atoms with Crippen LogP contribution in [-0.2, 0) is 17.1 Å². The van der Waals surface area contributed by atoms with Crippen LogP contribution in [0, 0.1) is 0 Å². The van der Waals surface area contributed by atoms with Crippen molar-refractivity contribution < 1.29 is 13.2 Å². The molecule has 1 aromatic heterocycles. The Morgan fingerprint density at radius 3 is 2.57 bits per heavy atom. The third kappa shape index (κ3) is 4.33. The second-order valence-electron chi connectivity index (χ2n) is 5.97. The SMILES string of the molecule is CCCN1CCC(NC(=O)c2cc(S(=O)(=O)NC)cn2C)CC1.